The summed E-state index contributed by atoms with van der Waals surface area (Å²) < 4.78 is 0. The Balaban J connectivity index is 2.24. The van der Waals surface area contributed by atoms with Gasteiger partial charge in [0.2, 0.25) is 0 Å². The minimum absolute atomic E-state index is 0.0926. The van der Waals surface area contributed by atoms with Gasteiger partial charge in [0.15, 0.2) is 0 Å². The van der Waals surface area contributed by atoms with Crippen molar-refractivity contribution in [3.8, 4) is 0 Å². The third-order valence-corrected chi connectivity index (χ3v) is 2.12. The summed E-state index contributed by atoms with van der Waals surface area (Å²) in [7, 11) is 0. The molecule has 1 rings (SSSR count). The molecule has 1 heterocycles. The molecule has 1 aliphatic heterocycles. The number of rotatable bonds is 2. The Morgan fingerprint density at radius 2 is 2.00 bits per heavy atom. The normalized spacial score (nSPS) is 24.6. The standard InChI is InChI=1S/C7H15NO2/c9-5-7(10)6-1-3-8-4-2-6/h6-10H,1-5H2. The lowest BCUT2D eigenvalue weighted by atomic mass is 9.93. The molecule has 1 saturated heterocycles. The van der Waals surface area contributed by atoms with Gasteiger partial charge in [-0.05, 0) is 31.8 Å². The Bertz CT molecular complexity index is 91.6. The molecule has 0 aromatic heterocycles. The fourth-order valence-electron chi connectivity index (χ4n) is 1.38. The van der Waals surface area contributed by atoms with E-state index in [1.54, 1.807) is 0 Å². The molecule has 0 bridgehead atoms. The van der Waals surface area contributed by atoms with Crippen LogP contribution in [0.2, 0.25) is 0 Å². The molecule has 1 aliphatic rings. The van der Waals surface area contributed by atoms with E-state index in [0.717, 1.165) is 25.9 Å². The monoisotopic (exact) mass is 145 g/mol. The highest BCUT2D eigenvalue weighted by molar-refractivity contribution is 4.74. The van der Waals surface area contributed by atoms with Gasteiger partial charge >= 0.3 is 0 Å². The summed E-state index contributed by atoms with van der Waals surface area (Å²) in [5, 5.41) is 21.0. The van der Waals surface area contributed by atoms with Crippen molar-refractivity contribution in [1.82, 2.24) is 5.32 Å². The van der Waals surface area contributed by atoms with Gasteiger partial charge in [0.1, 0.15) is 0 Å². The summed E-state index contributed by atoms with van der Waals surface area (Å²) in [6.07, 6.45) is 1.48. The maximum absolute atomic E-state index is 9.20. The average molecular weight is 145 g/mol. The number of hydrogen-bond donors (Lipinski definition) is 3. The molecule has 0 spiro atoms. The minimum Gasteiger partial charge on any atom is -0.394 e. The Morgan fingerprint density at radius 1 is 1.40 bits per heavy atom. The highest BCUT2D eigenvalue weighted by Gasteiger charge is 2.19. The van der Waals surface area contributed by atoms with Crippen molar-refractivity contribution in [2.24, 2.45) is 5.92 Å². The third kappa shape index (κ3) is 1.94. The molecular formula is C7H15NO2. The minimum atomic E-state index is -0.498. The zero-order chi connectivity index (χ0) is 7.40. The van der Waals surface area contributed by atoms with Crippen molar-refractivity contribution in [2.75, 3.05) is 19.7 Å². The predicted molar refractivity (Wildman–Crippen MR) is 38.7 cm³/mol. The van der Waals surface area contributed by atoms with Crippen LogP contribution in [0.15, 0.2) is 0 Å². The first kappa shape index (κ1) is 7.98. The van der Waals surface area contributed by atoms with Crippen molar-refractivity contribution >= 4 is 0 Å². The summed E-state index contributed by atoms with van der Waals surface area (Å²) in [6, 6.07) is 0. The summed E-state index contributed by atoms with van der Waals surface area (Å²) in [5.74, 6) is 0.311. The van der Waals surface area contributed by atoms with E-state index in [2.05, 4.69) is 5.32 Å². The fraction of sp³-hybridized carbons (Fsp3) is 1.00. The third-order valence-electron chi connectivity index (χ3n) is 2.12. The van der Waals surface area contributed by atoms with Crippen LogP contribution < -0.4 is 5.32 Å². The van der Waals surface area contributed by atoms with Gasteiger partial charge in [-0.2, -0.15) is 0 Å². The Morgan fingerprint density at radius 3 is 2.50 bits per heavy atom. The van der Waals surface area contributed by atoms with E-state index >= 15 is 0 Å². The maximum Gasteiger partial charge on any atom is 0.0799 e. The van der Waals surface area contributed by atoms with Crippen molar-refractivity contribution in [1.29, 1.82) is 0 Å². The second-order valence-corrected chi connectivity index (χ2v) is 2.84. The van der Waals surface area contributed by atoms with E-state index < -0.39 is 6.10 Å². The summed E-state index contributed by atoms with van der Waals surface area (Å²) in [5.41, 5.74) is 0. The molecule has 1 fully saturated rings. The van der Waals surface area contributed by atoms with Crippen molar-refractivity contribution < 1.29 is 10.2 Å². The topological polar surface area (TPSA) is 52.5 Å². The van der Waals surface area contributed by atoms with E-state index in [9.17, 15) is 5.11 Å². The molecule has 0 saturated carbocycles. The van der Waals surface area contributed by atoms with E-state index in [-0.39, 0.29) is 6.61 Å². The second-order valence-electron chi connectivity index (χ2n) is 2.84. The van der Waals surface area contributed by atoms with E-state index in [0.29, 0.717) is 5.92 Å². The van der Waals surface area contributed by atoms with Gasteiger partial charge in [-0.25, -0.2) is 0 Å². The van der Waals surface area contributed by atoms with Crippen molar-refractivity contribution in [3.63, 3.8) is 0 Å². The maximum atomic E-state index is 9.20. The molecule has 10 heavy (non-hydrogen) atoms. The predicted octanol–water partition coefficient (Wildman–Crippen LogP) is -0.661. The molecule has 3 N–H and O–H groups in total. The molecule has 0 amide bonds. The Kier molecular flexibility index (Phi) is 3.12. The molecule has 0 radical (unpaired) electrons. The molecule has 1 atom stereocenters. The van der Waals surface area contributed by atoms with Crippen LogP contribution in [0.5, 0.6) is 0 Å². The zero-order valence-corrected chi connectivity index (χ0v) is 6.08. The highest BCUT2D eigenvalue weighted by Crippen LogP contribution is 2.15. The first-order valence-electron chi connectivity index (χ1n) is 3.84. The van der Waals surface area contributed by atoms with Gasteiger partial charge in [0, 0.05) is 0 Å². The lowest BCUT2D eigenvalue weighted by Gasteiger charge is -2.25. The quantitative estimate of drug-likeness (QED) is 0.483. The van der Waals surface area contributed by atoms with Crippen LogP contribution in [-0.2, 0) is 0 Å². The molecule has 3 nitrogen and oxygen atoms in total. The number of hydrogen-bond acceptors (Lipinski definition) is 3. The first-order chi connectivity index (χ1) is 4.84. The van der Waals surface area contributed by atoms with Gasteiger partial charge in [-0.1, -0.05) is 0 Å². The van der Waals surface area contributed by atoms with Gasteiger partial charge in [-0.3, -0.25) is 0 Å². The molecule has 1 unspecified atom stereocenters. The van der Waals surface area contributed by atoms with Crippen LogP contribution in [0.25, 0.3) is 0 Å². The van der Waals surface area contributed by atoms with Gasteiger partial charge in [0.25, 0.3) is 0 Å². The molecule has 0 aromatic rings. The van der Waals surface area contributed by atoms with Crippen molar-refractivity contribution in [3.05, 3.63) is 0 Å². The van der Waals surface area contributed by atoms with E-state index in [1.807, 2.05) is 0 Å². The number of aliphatic hydroxyl groups excluding tert-OH is 2. The van der Waals surface area contributed by atoms with Crippen molar-refractivity contribution in [2.45, 2.75) is 18.9 Å². The number of nitrogens with one attached hydrogen (secondary N) is 1. The fourth-order valence-corrected chi connectivity index (χ4v) is 1.38. The van der Waals surface area contributed by atoms with Gasteiger partial charge < -0.3 is 15.5 Å². The smallest absolute Gasteiger partial charge is 0.0799 e. The largest absolute Gasteiger partial charge is 0.394 e. The van der Waals surface area contributed by atoms with Crippen LogP contribution in [0, 0.1) is 5.92 Å². The molecular weight excluding hydrogens is 130 g/mol. The van der Waals surface area contributed by atoms with E-state index in [4.69, 9.17) is 5.11 Å². The molecule has 60 valence electrons. The lowest BCUT2D eigenvalue weighted by Crippen LogP contribution is -2.35. The van der Waals surface area contributed by atoms with Crippen LogP contribution in [0.4, 0.5) is 0 Å². The SMILES string of the molecule is OCC(O)C1CCNCC1. The van der Waals surface area contributed by atoms with Crippen LogP contribution >= 0.6 is 0 Å². The molecule has 3 heteroatoms. The van der Waals surface area contributed by atoms with Crippen LogP contribution in [-0.4, -0.2) is 36.0 Å². The molecule has 0 aliphatic carbocycles. The number of piperidine rings is 1. The molecule has 0 aromatic carbocycles. The average Bonchev–Trinajstić information content (AvgIpc) is 2.05. The van der Waals surface area contributed by atoms with Crippen LogP contribution in [0.1, 0.15) is 12.8 Å². The summed E-state index contributed by atoms with van der Waals surface area (Å²) in [4.78, 5) is 0. The lowest BCUT2D eigenvalue weighted by molar-refractivity contribution is 0.0352. The van der Waals surface area contributed by atoms with Gasteiger partial charge in [0.05, 0.1) is 12.7 Å². The highest BCUT2D eigenvalue weighted by atomic mass is 16.3. The van der Waals surface area contributed by atoms with Gasteiger partial charge in [-0.15, -0.1) is 0 Å². The Labute approximate surface area is 61.1 Å². The van der Waals surface area contributed by atoms with E-state index in [1.165, 1.54) is 0 Å². The number of aliphatic hydroxyl groups is 2. The Hall–Kier alpha value is -0.120. The summed E-state index contributed by atoms with van der Waals surface area (Å²) >= 11 is 0. The second kappa shape index (κ2) is 3.91. The van der Waals surface area contributed by atoms with Crippen LogP contribution in [0.3, 0.4) is 0 Å². The zero-order valence-electron chi connectivity index (χ0n) is 6.08. The first-order valence-corrected chi connectivity index (χ1v) is 3.84. The summed E-state index contributed by atoms with van der Waals surface area (Å²) in [6.45, 7) is 1.86.